The van der Waals surface area contributed by atoms with Crippen molar-refractivity contribution in [3.05, 3.63) is 35.5 Å². The van der Waals surface area contributed by atoms with Gasteiger partial charge in [-0.3, -0.25) is 9.69 Å². The molecule has 9 heteroatoms. The summed E-state index contributed by atoms with van der Waals surface area (Å²) in [6, 6.07) is 4.62. The predicted octanol–water partition coefficient (Wildman–Crippen LogP) is 1.07. The second-order valence-corrected chi connectivity index (χ2v) is 5.75. The van der Waals surface area contributed by atoms with Crippen molar-refractivity contribution in [2.24, 2.45) is 0 Å². The number of fused-ring (bicyclic) bond motifs is 1. The van der Waals surface area contributed by atoms with Crippen LogP contribution in [0.3, 0.4) is 0 Å². The summed E-state index contributed by atoms with van der Waals surface area (Å²) in [5.74, 6) is 1.39. The van der Waals surface area contributed by atoms with E-state index in [0.29, 0.717) is 22.9 Å². The Morgan fingerprint density at radius 2 is 2.08 bits per heavy atom. The summed E-state index contributed by atoms with van der Waals surface area (Å²) >= 11 is 0. The minimum Gasteiger partial charge on any atom is -0.454 e. The van der Waals surface area contributed by atoms with E-state index in [4.69, 9.17) is 14.0 Å². The number of carbonyl (C=O) groups excluding carboxylic acids is 2. The summed E-state index contributed by atoms with van der Waals surface area (Å²) in [4.78, 5) is 30.2. The van der Waals surface area contributed by atoms with E-state index in [9.17, 15) is 9.59 Å². The normalized spacial score (nSPS) is 22.2. The van der Waals surface area contributed by atoms with Crippen LogP contribution in [0.25, 0.3) is 0 Å². The summed E-state index contributed by atoms with van der Waals surface area (Å²) in [5.41, 5.74) is -0.595. The van der Waals surface area contributed by atoms with Gasteiger partial charge in [0.05, 0.1) is 0 Å². The molecule has 3 heterocycles. The first-order valence-corrected chi connectivity index (χ1v) is 7.31. The van der Waals surface area contributed by atoms with Crippen molar-refractivity contribution in [3.63, 3.8) is 0 Å². The first-order valence-electron chi connectivity index (χ1n) is 7.31. The van der Waals surface area contributed by atoms with Crippen LogP contribution in [0.4, 0.5) is 4.79 Å². The van der Waals surface area contributed by atoms with E-state index in [1.807, 2.05) is 0 Å². The SMILES string of the molecule is Cc1noc(CN2C(=O)N[C@](C)(c3ccc4c(c3)OCO4)C2=O)n1. The zero-order chi connectivity index (χ0) is 16.9. The first-order chi connectivity index (χ1) is 11.5. The van der Waals surface area contributed by atoms with Gasteiger partial charge in [0.25, 0.3) is 5.91 Å². The minimum absolute atomic E-state index is 0.0777. The quantitative estimate of drug-likeness (QED) is 0.839. The first kappa shape index (κ1) is 14.5. The number of benzene rings is 1. The summed E-state index contributed by atoms with van der Waals surface area (Å²) in [5, 5.41) is 6.37. The number of urea groups is 1. The maximum absolute atomic E-state index is 12.8. The molecule has 0 radical (unpaired) electrons. The van der Waals surface area contributed by atoms with E-state index >= 15 is 0 Å². The van der Waals surface area contributed by atoms with Gasteiger partial charge in [0.1, 0.15) is 12.1 Å². The lowest BCUT2D eigenvalue weighted by Gasteiger charge is -2.22. The summed E-state index contributed by atoms with van der Waals surface area (Å²) < 4.78 is 15.6. The number of imide groups is 1. The molecule has 1 atom stereocenters. The maximum Gasteiger partial charge on any atom is 0.325 e. The zero-order valence-corrected chi connectivity index (χ0v) is 13.0. The average molecular weight is 330 g/mol. The molecule has 0 saturated carbocycles. The Morgan fingerprint density at radius 3 is 2.83 bits per heavy atom. The molecular weight excluding hydrogens is 316 g/mol. The van der Waals surface area contributed by atoms with Crippen molar-refractivity contribution < 1.29 is 23.6 Å². The number of hydrogen-bond acceptors (Lipinski definition) is 7. The van der Waals surface area contributed by atoms with Crippen LogP contribution in [0, 0.1) is 6.92 Å². The molecule has 0 unspecified atom stereocenters. The van der Waals surface area contributed by atoms with Crippen molar-refractivity contribution in [2.45, 2.75) is 25.9 Å². The Bertz CT molecular complexity index is 848. The van der Waals surface area contributed by atoms with Crippen LogP contribution < -0.4 is 14.8 Å². The second-order valence-electron chi connectivity index (χ2n) is 5.75. The molecule has 1 fully saturated rings. The number of nitrogens with one attached hydrogen (secondary N) is 1. The Kier molecular flexibility index (Phi) is 2.99. The number of carbonyl (C=O) groups is 2. The van der Waals surface area contributed by atoms with E-state index in [2.05, 4.69) is 15.5 Å². The van der Waals surface area contributed by atoms with Gasteiger partial charge < -0.3 is 19.3 Å². The number of rotatable bonds is 3. The Hall–Kier alpha value is -3.10. The van der Waals surface area contributed by atoms with E-state index in [-0.39, 0.29) is 19.2 Å². The molecule has 1 aromatic heterocycles. The van der Waals surface area contributed by atoms with Gasteiger partial charge in [-0.2, -0.15) is 4.98 Å². The van der Waals surface area contributed by atoms with Gasteiger partial charge >= 0.3 is 6.03 Å². The highest BCUT2D eigenvalue weighted by Crippen LogP contribution is 2.38. The lowest BCUT2D eigenvalue weighted by molar-refractivity contribution is -0.131. The average Bonchev–Trinajstić information content (AvgIpc) is 3.23. The van der Waals surface area contributed by atoms with Gasteiger partial charge in [0.15, 0.2) is 17.3 Å². The second kappa shape index (κ2) is 4.95. The number of nitrogens with zero attached hydrogens (tertiary/aromatic N) is 3. The van der Waals surface area contributed by atoms with E-state index in [1.165, 1.54) is 0 Å². The molecule has 1 saturated heterocycles. The van der Waals surface area contributed by atoms with Crippen LogP contribution in [0.5, 0.6) is 11.5 Å². The van der Waals surface area contributed by atoms with Gasteiger partial charge in [-0.05, 0) is 31.5 Å². The molecule has 4 rings (SSSR count). The number of amides is 3. The number of ether oxygens (including phenoxy) is 2. The fraction of sp³-hybridized carbons (Fsp3) is 0.333. The van der Waals surface area contributed by atoms with Crippen LogP contribution in [-0.2, 0) is 16.9 Å². The molecule has 24 heavy (non-hydrogen) atoms. The maximum atomic E-state index is 12.8. The summed E-state index contributed by atoms with van der Waals surface area (Å²) in [6.07, 6.45) is 0. The molecule has 0 bridgehead atoms. The van der Waals surface area contributed by atoms with Gasteiger partial charge in [0, 0.05) is 0 Å². The molecule has 2 aromatic rings. The smallest absolute Gasteiger partial charge is 0.325 e. The number of hydrogen-bond donors (Lipinski definition) is 1. The molecule has 0 aliphatic carbocycles. The molecule has 0 spiro atoms. The standard InChI is InChI=1S/C15H14N4O5/c1-8-16-12(24-18-8)6-19-13(20)15(2,17-14(19)21)9-3-4-10-11(5-9)23-7-22-10/h3-5H,6-7H2,1-2H3,(H,17,21)/t15-/m1/s1. The van der Waals surface area contributed by atoms with Crippen molar-refractivity contribution in [3.8, 4) is 11.5 Å². The van der Waals surface area contributed by atoms with Gasteiger partial charge in [-0.25, -0.2) is 4.79 Å². The Labute approximate surface area is 136 Å². The van der Waals surface area contributed by atoms with E-state index < -0.39 is 17.5 Å². The van der Waals surface area contributed by atoms with Crippen molar-refractivity contribution in [2.75, 3.05) is 6.79 Å². The predicted molar refractivity (Wildman–Crippen MR) is 78.0 cm³/mol. The summed E-state index contributed by atoms with van der Waals surface area (Å²) in [6.45, 7) is 3.36. The third kappa shape index (κ3) is 2.08. The fourth-order valence-corrected chi connectivity index (χ4v) is 2.78. The van der Waals surface area contributed by atoms with Crippen LogP contribution in [0.1, 0.15) is 24.2 Å². The molecule has 2 aliphatic heterocycles. The molecule has 9 nitrogen and oxygen atoms in total. The van der Waals surface area contributed by atoms with Gasteiger partial charge in [-0.1, -0.05) is 11.2 Å². The van der Waals surface area contributed by atoms with Crippen LogP contribution in [0.2, 0.25) is 0 Å². The van der Waals surface area contributed by atoms with Crippen LogP contribution >= 0.6 is 0 Å². The highest BCUT2D eigenvalue weighted by Gasteiger charge is 2.49. The van der Waals surface area contributed by atoms with E-state index in [0.717, 1.165) is 4.90 Å². The Morgan fingerprint density at radius 1 is 1.29 bits per heavy atom. The molecule has 2 aliphatic rings. The highest BCUT2D eigenvalue weighted by atomic mass is 16.7. The zero-order valence-electron chi connectivity index (χ0n) is 13.0. The lowest BCUT2D eigenvalue weighted by atomic mass is 9.91. The minimum atomic E-state index is -1.20. The molecular formula is C15H14N4O5. The molecule has 1 aromatic carbocycles. The van der Waals surface area contributed by atoms with Crippen LogP contribution in [0.15, 0.2) is 22.7 Å². The highest BCUT2D eigenvalue weighted by molar-refractivity contribution is 6.07. The van der Waals surface area contributed by atoms with Crippen molar-refractivity contribution in [1.29, 1.82) is 0 Å². The topological polar surface area (TPSA) is 107 Å². The fourth-order valence-electron chi connectivity index (χ4n) is 2.78. The molecule has 3 amide bonds. The van der Waals surface area contributed by atoms with Gasteiger partial charge in [0.2, 0.25) is 12.7 Å². The summed E-state index contributed by atoms with van der Waals surface area (Å²) in [7, 11) is 0. The van der Waals surface area contributed by atoms with Crippen LogP contribution in [-0.4, -0.2) is 33.8 Å². The van der Waals surface area contributed by atoms with Crippen molar-refractivity contribution >= 4 is 11.9 Å². The lowest BCUT2D eigenvalue weighted by Crippen LogP contribution is -2.40. The largest absolute Gasteiger partial charge is 0.454 e. The third-order valence-electron chi connectivity index (χ3n) is 4.09. The number of aryl methyl sites for hydroxylation is 1. The monoisotopic (exact) mass is 330 g/mol. The third-order valence-corrected chi connectivity index (χ3v) is 4.09. The van der Waals surface area contributed by atoms with E-state index in [1.54, 1.807) is 32.0 Å². The number of aromatic nitrogens is 2. The van der Waals surface area contributed by atoms with Crippen molar-refractivity contribution in [1.82, 2.24) is 20.4 Å². The molecule has 124 valence electrons. The Balaban J connectivity index is 1.64. The molecule has 1 N–H and O–H groups in total. The van der Waals surface area contributed by atoms with Gasteiger partial charge in [-0.15, -0.1) is 0 Å².